The number of rotatable bonds is 0. The average Bonchev–Trinajstić information content (AvgIpc) is 2.72. The lowest BCUT2D eigenvalue weighted by Crippen LogP contribution is -2.40. The lowest BCUT2D eigenvalue weighted by atomic mass is 9.61. The van der Waals surface area contributed by atoms with E-state index in [2.05, 4.69) is 33.8 Å². The van der Waals surface area contributed by atoms with Crippen molar-refractivity contribution in [1.29, 1.82) is 0 Å². The van der Waals surface area contributed by atoms with Gasteiger partial charge in [0.05, 0.1) is 5.41 Å². The maximum absolute atomic E-state index is 12.4. The Kier molecular flexibility index (Phi) is 1.85. The van der Waals surface area contributed by atoms with E-state index in [1.807, 2.05) is 0 Å². The molecule has 16 heavy (non-hydrogen) atoms. The van der Waals surface area contributed by atoms with Gasteiger partial charge in [-0.05, 0) is 49.9 Å². The highest BCUT2D eigenvalue weighted by Gasteiger charge is 2.69. The molecule has 0 radical (unpaired) electrons. The minimum Gasteiger partial charge on any atom is -0.299 e. The summed E-state index contributed by atoms with van der Waals surface area (Å²) >= 11 is 0. The Labute approximate surface area is 98.3 Å². The molecule has 0 unspecified atom stereocenters. The molecule has 0 saturated heterocycles. The molecule has 1 spiro atoms. The number of ketones is 1. The van der Waals surface area contributed by atoms with Crippen molar-refractivity contribution in [3.05, 3.63) is 11.6 Å². The molecule has 3 aliphatic carbocycles. The van der Waals surface area contributed by atoms with Gasteiger partial charge in [0.2, 0.25) is 0 Å². The topological polar surface area (TPSA) is 17.1 Å². The Hall–Kier alpha value is -0.590. The van der Waals surface area contributed by atoms with Crippen molar-refractivity contribution in [2.24, 2.45) is 28.6 Å². The van der Waals surface area contributed by atoms with Crippen molar-refractivity contribution in [3.8, 4) is 0 Å². The van der Waals surface area contributed by atoms with Crippen LogP contribution in [0.15, 0.2) is 11.6 Å². The largest absolute Gasteiger partial charge is 0.299 e. The van der Waals surface area contributed by atoms with Crippen molar-refractivity contribution >= 4 is 5.78 Å². The normalized spacial score (nSPS) is 55.1. The molecule has 0 aromatic carbocycles. The van der Waals surface area contributed by atoms with Crippen LogP contribution in [0.4, 0.5) is 0 Å². The molecule has 2 saturated carbocycles. The molecule has 1 nitrogen and oxygen atoms in total. The zero-order valence-electron chi connectivity index (χ0n) is 10.8. The molecule has 0 aliphatic heterocycles. The first-order valence-corrected chi connectivity index (χ1v) is 6.66. The molecular formula is C15H22O. The van der Waals surface area contributed by atoms with Gasteiger partial charge in [0.25, 0.3) is 0 Å². The highest BCUT2D eigenvalue weighted by molar-refractivity contribution is 5.91. The van der Waals surface area contributed by atoms with Crippen molar-refractivity contribution in [2.45, 2.75) is 47.0 Å². The van der Waals surface area contributed by atoms with Gasteiger partial charge < -0.3 is 0 Å². The number of hydrogen-bond donors (Lipinski definition) is 0. The Balaban J connectivity index is 2.18. The standard InChI is InChI=1S/C15H22O/c1-9-5-6-15-11(3)10(2)8-14(15,4)13(16)7-12(9)15/h8-9,11-12H,5-7H2,1-4H3/t9-,11+,12+,14-,15+/m1/s1. The molecule has 1 heteroatoms. The van der Waals surface area contributed by atoms with Crippen LogP contribution in [0.25, 0.3) is 0 Å². The van der Waals surface area contributed by atoms with E-state index in [1.54, 1.807) is 0 Å². The van der Waals surface area contributed by atoms with E-state index in [9.17, 15) is 4.79 Å². The monoisotopic (exact) mass is 218 g/mol. The van der Waals surface area contributed by atoms with Crippen LogP contribution < -0.4 is 0 Å². The van der Waals surface area contributed by atoms with Crippen molar-refractivity contribution in [3.63, 3.8) is 0 Å². The lowest BCUT2D eigenvalue weighted by Gasteiger charge is -2.41. The second-order valence-corrected chi connectivity index (χ2v) is 6.60. The molecule has 0 heterocycles. The third-order valence-electron chi connectivity index (χ3n) is 6.29. The van der Waals surface area contributed by atoms with E-state index in [4.69, 9.17) is 0 Å². The summed E-state index contributed by atoms with van der Waals surface area (Å²) in [5.41, 5.74) is 1.61. The first-order valence-electron chi connectivity index (χ1n) is 6.66. The Morgan fingerprint density at radius 2 is 2.06 bits per heavy atom. The third-order valence-corrected chi connectivity index (χ3v) is 6.29. The maximum atomic E-state index is 12.4. The van der Waals surface area contributed by atoms with Crippen LogP contribution >= 0.6 is 0 Å². The molecular weight excluding hydrogens is 196 g/mol. The molecule has 88 valence electrons. The second kappa shape index (κ2) is 2.80. The van der Waals surface area contributed by atoms with E-state index in [0.717, 1.165) is 12.3 Å². The Bertz CT molecular complexity index is 394. The van der Waals surface area contributed by atoms with Crippen LogP contribution in [0.5, 0.6) is 0 Å². The Morgan fingerprint density at radius 1 is 1.38 bits per heavy atom. The summed E-state index contributed by atoms with van der Waals surface area (Å²) in [4.78, 5) is 12.4. The summed E-state index contributed by atoms with van der Waals surface area (Å²) in [6.45, 7) is 9.12. The number of carbonyl (C=O) groups excluding carboxylic acids is 1. The second-order valence-electron chi connectivity index (χ2n) is 6.60. The zero-order chi connectivity index (χ0) is 11.7. The van der Waals surface area contributed by atoms with Crippen LogP contribution in [-0.4, -0.2) is 5.78 Å². The van der Waals surface area contributed by atoms with Crippen molar-refractivity contribution < 1.29 is 4.79 Å². The molecule has 0 amide bonds. The maximum Gasteiger partial charge on any atom is 0.143 e. The predicted octanol–water partition coefficient (Wildman–Crippen LogP) is 3.59. The number of allylic oxidation sites excluding steroid dienone is 2. The van der Waals surface area contributed by atoms with E-state index < -0.39 is 0 Å². The molecule has 5 atom stereocenters. The van der Waals surface area contributed by atoms with Gasteiger partial charge in [-0.3, -0.25) is 4.79 Å². The fourth-order valence-electron chi connectivity index (χ4n) is 5.25. The van der Waals surface area contributed by atoms with Gasteiger partial charge in [-0.2, -0.15) is 0 Å². The minimum absolute atomic E-state index is 0.133. The van der Waals surface area contributed by atoms with Gasteiger partial charge >= 0.3 is 0 Å². The minimum atomic E-state index is -0.133. The van der Waals surface area contributed by atoms with Gasteiger partial charge in [-0.1, -0.05) is 25.5 Å². The number of Topliss-reactive ketones (excluding diaryl/α,β-unsaturated/α-hetero) is 1. The van der Waals surface area contributed by atoms with E-state index in [0.29, 0.717) is 17.6 Å². The quantitative estimate of drug-likeness (QED) is 0.568. The van der Waals surface area contributed by atoms with Gasteiger partial charge in [0.1, 0.15) is 5.78 Å². The van der Waals surface area contributed by atoms with E-state index in [-0.39, 0.29) is 10.8 Å². The first-order chi connectivity index (χ1) is 7.43. The van der Waals surface area contributed by atoms with Crippen LogP contribution in [0.3, 0.4) is 0 Å². The number of carbonyl (C=O) groups is 1. The van der Waals surface area contributed by atoms with E-state index in [1.165, 1.54) is 18.4 Å². The van der Waals surface area contributed by atoms with E-state index >= 15 is 0 Å². The average molecular weight is 218 g/mol. The predicted molar refractivity (Wildman–Crippen MR) is 65.0 cm³/mol. The third kappa shape index (κ3) is 0.846. The summed E-state index contributed by atoms with van der Waals surface area (Å²) in [6, 6.07) is 0. The van der Waals surface area contributed by atoms with Gasteiger partial charge in [-0.15, -0.1) is 0 Å². The molecule has 0 aromatic heterocycles. The molecule has 3 aliphatic rings. The summed E-state index contributed by atoms with van der Waals surface area (Å²) in [7, 11) is 0. The molecule has 0 N–H and O–H groups in total. The highest BCUT2D eigenvalue weighted by atomic mass is 16.1. The van der Waals surface area contributed by atoms with Crippen molar-refractivity contribution in [1.82, 2.24) is 0 Å². The van der Waals surface area contributed by atoms with Crippen molar-refractivity contribution in [2.75, 3.05) is 0 Å². The fraction of sp³-hybridized carbons (Fsp3) is 0.800. The highest BCUT2D eigenvalue weighted by Crippen LogP contribution is 2.71. The van der Waals surface area contributed by atoms with Gasteiger partial charge in [-0.25, -0.2) is 0 Å². The zero-order valence-corrected chi connectivity index (χ0v) is 10.8. The van der Waals surface area contributed by atoms with Crippen LogP contribution in [-0.2, 0) is 4.79 Å². The van der Waals surface area contributed by atoms with Gasteiger partial charge in [0, 0.05) is 6.42 Å². The smallest absolute Gasteiger partial charge is 0.143 e. The van der Waals surface area contributed by atoms with Crippen LogP contribution in [0, 0.1) is 28.6 Å². The fourth-order valence-corrected chi connectivity index (χ4v) is 5.25. The Morgan fingerprint density at radius 3 is 2.75 bits per heavy atom. The van der Waals surface area contributed by atoms with Crippen LogP contribution in [0.1, 0.15) is 47.0 Å². The molecule has 0 aromatic rings. The van der Waals surface area contributed by atoms with Crippen LogP contribution in [0.2, 0.25) is 0 Å². The molecule has 0 bridgehead atoms. The number of hydrogen-bond acceptors (Lipinski definition) is 1. The SMILES string of the molecule is CC1=C[C@]2(C)C(=O)C[C@H]3[C@H](C)CC[C@]32[C@H]1C. The molecule has 2 fully saturated rings. The first kappa shape index (κ1) is 10.6. The van der Waals surface area contributed by atoms with Gasteiger partial charge in [0.15, 0.2) is 0 Å². The lowest BCUT2D eigenvalue weighted by molar-refractivity contribution is -0.126. The molecule has 3 rings (SSSR count). The summed E-state index contributed by atoms with van der Waals surface area (Å²) < 4.78 is 0. The summed E-state index contributed by atoms with van der Waals surface area (Å²) in [5, 5.41) is 0. The summed E-state index contributed by atoms with van der Waals surface area (Å²) in [5.74, 6) is 2.51. The summed E-state index contributed by atoms with van der Waals surface area (Å²) in [6.07, 6.45) is 5.72.